The number of aromatic nitrogens is 4. The monoisotopic (exact) mass is 373 g/mol. The van der Waals surface area contributed by atoms with Gasteiger partial charge in [0.1, 0.15) is 0 Å². The van der Waals surface area contributed by atoms with Crippen LogP contribution in [0.15, 0.2) is 29.4 Å². The minimum atomic E-state index is 0.166. The van der Waals surface area contributed by atoms with Crippen molar-refractivity contribution in [2.45, 2.75) is 70.1 Å². The number of benzene rings is 1. The van der Waals surface area contributed by atoms with Crippen LogP contribution in [0.4, 0.5) is 0 Å². The van der Waals surface area contributed by atoms with E-state index in [0.29, 0.717) is 28.9 Å². The molecule has 6 nitrogen and oxygen atoms in total. The van der Waals surface area contributed by atoms with Gasteiger partial charge in [0.05, 0.1) is 11.4 Å². The van der Waals surface area contributed by atoms with Crippen molar-refractivity contribution in [2.75, 3.05) is 5.75 Å². The van der Waals surface area contributed by atoms with E-state index in [9.17, 15) is 4.79 Å². The molecule has 0 unspecified atom stereocenters. The van der Waals surface area contributed by atoms with Crippen molar-refractivity contribution in [1.29, 1.82) is 0 Å². The van der Waals surface area contributed by atoms with Crippen LogP contribution >= 0.6 is 11.8 Å². The Morgan fingerprint density at radius 3 is 2.46 bits per heavy atom. The van der Waals surface area contributed by atoms with Crippen molar-refractivity contribution in [3.05, 3.63) is 29.8 Å². The number of likely N-dealkylation sites (tertiary alicyclic amines) is 1. The van der Waals surface area contributed by atoms with E-state index < -0.39 is 0 Å². The van der Waals surface area contributed by atoms with Crippen LogP contribution in [0, 0.1) is 0 Å². The Labute approximate surface area is 159 Å². The van der Waals surface area contributed by atoms with Crippen LogP contribution in [0.2, 0.25) is 0 Å². The highest BCUT2D eigenvalue weighted by Gasteiger charge is 2.29. The standard InChI is InChI=1S/C19H27N5OS/c1-13(2)16-8-10-17(11-9-16)24-19(20-21-22-24)26-12-18(25)23-14(3)6-5-7-15(23)4/h8-11,13-15H,5-7,12H2,1-4H3/t14-,15-/m0/s1. The third-order valence-electron chi connectivity index (χ3n) is 5.05. The van der Waals surface area contributed by atoms with Gasteiger partial charge in [0.2, 0.25) is 11.1 Å². The first-order chi connectivity index (χ1) is 12.5. The molecule has 1 aliphatic rings. The Hall–Kier alpha value is -1.89. The van der Waals surface area contributed by atoms with Gasteiger partial charge < -0.3 is 4.90 Å². The van der Waals surface area contributed by atoms with Gasteiger partial charge in [-0.25, -0.2) is 0 Å². The number of carbonyl (C=O) groups is 1. The molecule has 26 heavy (non-hydrogen) atoms. The molecule has 3 rings (SSSR count). The lowest BCUT2D eigenvalue weighted by molar-refractivity contribution is -0.134. The van der Waals surface area contributed by atoms with Crippen LogP contribution in [0.5, 0.6) is 0 Å². The lowest BCUT2D eigenvalue weighted by Crippen LogP contribution is -2.48. The molecule has 1 aromatic heterocycles. The zero-order chi connectivity index (χ0) is 18.7. The highest BCUT2D eigenvalue weighted by atomic mass is 32.2. The normalized spacial score (nSPS) is 20.6. The summed E-state index contributed by atoms with van der Waals surface area (Å²) in [6.07, 6.45) is 3.37. The predicted molar refractivity (Wildman–Crippen MR) is 104 cm³/mol. The number of rotatable bonds is 5. The quantitative estimate of drug-likeness (QED) is 0.748. The largest absolute Gasteiger partial charge is 0.337 e. The zero-order valence-electron chi connectivity index (χ0n) is 15.9. The van der Waals surface area contributed by atoms with E-state index >= 15 is 0 Å². The number of tetrazole rings is 1. The Morgan fingerprint density at radius 1 is 1.19 bits per heavy atom. The molecule has 0 aliphatic carbocycles. The SMILES string of the molecule is CC(C)c1ccc(-n2nnnc2SCC(=O)N2[C@@H](C)CCC[C@@H]2C)cc1. The number of nitrogens with zero attached hydrogens (tertiary/aromatic N) is 5. The van der Waals surface area contributed by atoms with E-state index in [1.807, 2.05) is 17.0 Å². The molecule has 0 spiro atoms. The van der Waals surface area contributed by atoms with Gasteiger partial charge in [-0.15, -0.1) is 5.10 Å². The maximum atomic E-state index is 12.7. The van der Waals surface area contributed by atoms with Crippen molar-refractivity contribution < 1.29 is 4.79 Å². The summed E-state index contributed by atoms with van der Waals surface area (Å²) in [4.78, 5) is 14.7. The lowest BCUT2D eigenvalue weighted by Gasteiger charge is -2.39. The fourth-order valence-corrected chi connectivity index (χ4v) is 4.31. The maximum Gasteiger partial charge on any atom is 0.233 e. The first-order valence-electron chi connectivity index (χ1n) is 9.30. The first-order valence-corrected chi connectivity index (χ1v) is 10.3. The fourth-order valence-electron chi connectivity index (χ4n) is 3.55. The van der Waals surface area contributed by atoms with E-state index in [-0.39, 0.29) is 5.91 Å². The molecule has 1 saturated heterocycles. The summed E-state index contributed by atoms with van der Waals surface area (Å²) < 4.78 is 1.70. The highest BCUT2D eigenvalue weighted by molar-refractivity contribution is 7.99. The summed E-state index contributed by atoms with van der Waals surface area (Å²) in [7, 11) is 0. The second-order valence-corrected chi connectivity index (χ2v) is 8.28. The summed E-state index contributed by atoms with van der Waals surface area (Å²) in [6, 6.07) is 8.85. The van der Waals surface area contributed by atoms with Gasteiger partial charge in [-0.05, 0) is 67.2 Å². The number of thioether (sulfide) groups is 1. The third-order valence-corrected chi connectivity index (χ3v) is 5.96. The molecule has 1 amide bonds. The Morgan fingerprint density at radius 2 is 1.85 bits per heavy atom. The molecule has 0 N–H and O–H groups in total. The van der Waals surface area contributed by atoms with Gasteiger partial charge in [0.15, 0.2) is 0 Å². The predicted octanol–water partition coefficient (Wildman–Crippen LogP) is 3.67. The van der Waals surface area contributed by atoms with Gasteiger partial charge in [0.25, 0.3) is 0 Å². The van der Waals surface area contributed by atoms with E-state index in [2.05, 4.69) is 55.4 Å². The van der Waals surface area contributed by atoms with Crippen LogP contribution in [-0.4, -0.2) is 48.9 Å². The van der Waals surface area contributed by atoms with Crippen molar-refractivity contribution in [2.24, 2.45) is 0 Å². The summed E-state index contributed by atoms with van der Waals surface area (Å²) in [5.74, 6) is 1.01. The lowest BCUT2D eigenvalue weighted by atomic mass is 9.98. The van der Waals surface area contributed by atoms with E-state index in [0.717, 1.165) is 18.5 Å². The van der Waals surface area contributed by atoms with E-state index in [1.165, 1.54) is 23.7 Å². The van der Waals surface area contributed by atoms with Gasteiger partial charge in [0, 0.05) is 12.1 Å². The Bertz CT molecular complexity index is 733. The minimum Gasteiger partial charge on any atom is -0.337 e. The van der Waals surface area contributed by atoms with Crippen molar-refractivity contribution in [1.82, 2.24) is 25.1 Å². The third kappa shape index (κ3) is 4.09. The number of carbonyl (C=O) groups excluding carboxylic acids is 1. The van der Waals surface area contributed by atoms with Gasteiger partial charge in [-0.1, -0.05) is 37.7 Å². The first kappa shape index (κ1) is 18.9. The van der Waals surface area contributed by atoms with Crippen LogP contribution < -0.4 is 0 Å². The average Bonchev–Trinajstić information content (AvgIpc) is 3.08. The summed E-state index contributed by atoms with van der Waals surface area (Å²) >= 11 is 1.40. The van der Waals surface area contributed by atoms with Gasteiger partial charge in [-0.3, -0.25) is 4.79 Å². The van der Waals surface area contributed by atoms with Gasteiger partial charge >= 0.3 is 0 Å². The Kier molecular flexibility index (Phi) is 5.96. The molecule has 0 radical (unpaired) electrons. The molecule has 2 atom stereocenters. The Balaban J connectivity index is 1.68. The molecular formula is C19H27N5OS. The summed E-state index contributed by atoms with van der Waals surface area (Å²) in [6.45, 7) is 8.61. The van der Waals surface area contributed by atoms with Crippen molar-refractivity contribution in [3.8, 4) is 5.69 Å². The molecule has 0 saturated carbocycles. The minimum absolute atomic E-state index is 0.166. The molecule has 1 fully saturated rings. The second kappa shape index (κ2) is 8.20. The zero-order valence-corrected chi connectivity index (χ0v) is 16.7. The fraction of sp³-hybridized carbons (Fsp3) is 0.579. The molecular weight excluding hydrogens is 346 g/mol. The molecule has 1 aromatic carbocycles. The van der Waals surface area contributed by atoms with Crippen molar-refractivity contribution >= 4 is 17.7 Å². The molecule has 0 bridgehead atoms. The molecule has 140 valence electrons. The van der Waals surface area contributed by atoms with E-state index in [4.69, 9.17) is 0 Å². The van der Waals surface area contributed by atoms with Crippen LogP contribution in [0.3, 0.4) is 0 Å². The summed E-state index contributed by atoms with van der Waals surface area (Å²) in [5.41, 5.74) is 2.19. The van der Waals surface area contributed by atoms with Crippen LogP contribution in [0.25, 0.3) is 5.69 Å². The molecule has 1 aliphatic heterocycles. The smallest absolute Gasteiger partial charge is 0.233 e. The highest BCUT2D eigenvalue weighted by Crippen LogP contribution is 2.25. The topological polar surface area (TPSA) is 63.9 Å². The number of piperidine rings is 1. The number of amides is 1. The van der Waals surface area contributed by atoms with Gasteiger partial charge in [-0.2, -0.15) is 4.68 Å². The molecule has 2 aromatic rings. The second-order valence-electron chi connectivity index (χ2n) is 7.34. The van der Waals surface area contributed by atoms with Crippen LogP contribution in [-0.2, 0) is 4.79 Å². The number of hydrogen-bond donors (Lipinski definition) is 0. The van der Waals surface area contributed by atoms with E-state index in [1.54, 1.807) is 4.68 Å². The molecule has 7 heteroatoms. The number of hydrogen-bond acceptors (Lipinski definition) is 5. The summed E-state index contributed by atoms with van der Waals surface area (Å²) in [5, 5.41) is 12.6. The average molecular weight is 374 g/mol. The molecule has 2 heterocycles. The maximum absolute atomic E-state index is 12.7. The van der Waals surface area contributed by atoms with Crippen LogP contribution in [0.1, 0.15) is 58.4 Å². The van der Waals surface area contributed by atoms with Crippen molar-refractivity contribution in [3.63, 3.8) is 0 Å².